The van der Waals surface area contributed by atoms with Crippen LogP contribution in [0.3, 0.4) is 0 Å². The zero-order valence-electron chi connectivity index (χ0n) is 40.3. The number of likely N-dealkylation sites (N-methyl/N-ethyl adjacent to an activating group) is 1. The molecule has 0 rings (SSSR count). The highest BCUT2D eigenvalue weighted by molar-refractivity contribution is 5.72. The Bertz CT molecular complexity index is 1290. The topological polar surface area (TPSA) is 99.1 Å². The van der Waals surface area contributed by atoms with Crippen molar-refractivity contribution in [2.24, 2.45) is 0 Å². The Morgan fingerprint density at radius 2 is 0.968 bits per heavy atom. The van der Waals surface area contributed by atoms with Gasteiger partial charge in [-0.15, -0.1) is 0 Å². The summed E-state index contributed by atoms with van der Waals surface area (Å²) in [7, 11) is 5.51. The molecule has 1 N–H and O–H groups in total. The third-order valence-corrected chi connectivity index (χ3v) is 10.6. The normalized spacial score (nSPS) is 13.6. The van der Waals surface area contributed by atoms with Gasteiger partial charge in [0.05, 0.1) is 34.4 Å². The van der Waals surface area contributed by atoms with Gasteiger partial charge in [-0.25, -0.2) is 4.79 Å². The van der Waals surface area contributed by atoms with E-state index in [-0.39, 0.29) is 36.2 Å². The van der Waals surface area contributed by atoms with Crippen LogP contribution < -0.4 is 0 Å². The Balaban J connectivity index is 4.35. The molecule has 2 unspecified atom stereocenters. The molecule has 0 saturated heterocycles. The van der Waals surface area contributed by atoms with Gasteiger partial charge in [-0.05, 0) is 77.0 Å². The quantitative estimate of drug-likeness (QED) is 0.0214. The third kappa shape index (κ3) is 41.8. The molecule has 0 heterocycles. The fourth-order valence-electron chi connectivity index (χ4n) is 6.79. The molecular formula is C54H92NO7+. The van der Waals surface area contributed by atoms with Crippen LogP contribution in [0.25, 0.3) is 0 Å². The average molecular weight is 867 g/mol. The van der Waals surface area contributed by atoms with Gasteiger partial charge in [0.1, 0.15) is 6.61 Å². The Hall–Kier alpha value is -3.49. The second-order valence-electron chi connectivity index (χ2n) is 17.4. The number of carboxylic acid groups (broad SMARTS) is 1. The summed E-state index contributed by atoms with van der Waals surface area (Å²) in [6, 6.07) is -0.625. The number of carbonyl (C=O) groups excluding carboxylic acids is 2. The van der Waals surface area contributed by atoms with Gasteiger partial charge in [0.25, 0.3) is 0 Å². The van der Waals surface area contributed by atoms with Crippen molar-refractivity contribution in [3.05, 3.63) is 85.1 Å². The van der Waals surface area contributed by atoms with Crippen molar-refractivity contribution < 1.29 is 38.2 Å². The van der Waals surface area contributed by atoms with Gasteiger partial charge in [0, 0.05) is 19.3 Å². The minimum Gasteiger partial charge on any atom is -0.477 e. The molecule has 0 radical (unpaired) electrons. The molecule has 8 nitrogen and oxygen atoms in total. The van der Waals surface area contributed by atoms with E-state index in [2.05, 4.69) is 98.9 Å². The molecule has 0 aliphatic heterocycles. The second kappa shape index (κ2) is 44.1. The van der Waals surface area contributed by atoms with Crippen molar-refractivity contribution >= 4 is 17.9 Å². The van der Waals surface area contributed by atoms with Crippen molar-refractivity contribution in [2.75, 3.05) is 41.0 Å². The van der Waals surface area contributed by atoms with Crippen molar-refractivity contribution in [3.8, 4) is 0 Å². The number of hydrogen-bond donors (Lipinski definition) is 1. The summed E-state index contributed by atoms with van der Waals surface area (Å²) < 4.78 is 17.3. The number of allylic oxidation sites excluding steroid dienone is 14. The molecular weight excluding hydrogens is 775 g/mol. The van der Waals surface area contributed by atoms with E-state index in [4.69, 9.17) is 14.2 Å². The number of quaternary nitrogens is 1. The van der Waals surface area contributed by atoms with E-state index in [1.54, 1.807) is 0 Å². The van der Waals surface area contributed by atoms with Crippen molar-refractivity contribution in [3.63, 3.8) is 0 Å². The van der Waals surface area contributed by atoms with Crippen LogP contribution in [-0.2, 0) is 28.6 Å². The zero-order chi connectivity index (χ0) is 45.6. The smallest absolute Gasteiger partial charge is 0.362 e. The van der Waals surface area contributed by atoms with E-state index >= 15 is 0 Å². The largest absolute Gasteiger partial charge is 0.477 e. The number of unbranched alkanes of at least 4 members (excludes halogenated alkanes) is 17. The summed E-state index contributed by atoms with van der Waals surface area (Å²) in [5.74, 6) is -1.51. The molecule has 0 bridgehead atoms. The number of esters is 2. The zero-order valence-corrected chi connectivity index (χ0v) is 40.3. The maximum Gasteiger partial charge on any atom is 0.362 e. The minimum absolute atomic E-state index is 0.0445. The number of rotatable bonds is 43. The molecule has 0 spiro atoms. The molecule has 0 aliphatic rings. The minimum atomic E-state index is -0.883. The van der Waals surface area contributed by atoms with Crippen LogP contribution in [0, 0.1) is 0 Å². The highest BCUT2D eigenvalue weighted by Crippen LogP contribution is 2.14. The average Bonchev–Trinajstić information content (AvgIpc) is 3.23. The van der Waals surface area contributed by atoms with E-state index in [1.165, 1.54) is 57.8 Å². The lowest BCUT2D eigenvalue weighted by Gasteiger charge is -2.31. The van der Waals surface area contributed by atoms with Crippen LogP contribution in [0.2, 0.25) is 0 Å². The Morgan fingerprint density at radius 3 is 1.47 bits per heavy atom. The lowest BCUT2D eigenvalue weighted by atomic mass is 10.1. The molecule has 0 aliphatic carbocycles. The SMILES string of the molecule is CC/C=C/C/C=C/C/C=C/C/C=C/CCCCCCCCCC(=O)OCC(COCCC(C(=O)O)[N+](C)(C)C)OC(=O)CCCCCCC/C=C/C=C/C=C/CCCCCCC. The first-order valence-corrected chi connectivity index (χ1v) is 24.7. The van der Waals surface area contributed by atoms with Gasteiger partial charge in [-0.1, -0.05) is 176 Å². The van der Waals surface area contributed by atoms with E-state index < -0.39 is 18.1 Å². The standard InChI is InChI=1S/C54H91NO7/c1-6-8-10-12-14-16-18-20-22-24-26-27-29-30-32-34-36-38-40-42-44-52(56)61-49-50(48-60-47-46-51(54(58)59)55(3,4)5)62-53(57)45-43-41-39-37-35-33-31-28-25-23-21-19-17-15-13-11-9-7-2/h8,10,14,16,19-23,25-28,31,50-51H,6-7,9,11-13,15,17-18,24,29-30,32-49H2,1-5H3/p+1/b10-8+,16-14+,21-19+,22-20+,25-23+,27-26+,31-28+. The van der Waals surface area contributed by atoms with E-state index in [0.717, 1.165) is 96.3 Å². The van der Waals surface area contributed by atoms with Crippen molar-refractivity contribution in [1.29, 1.82) is 0 Å². The molecule has 0 saturated carbocycles. The number of carboxylic acids is 1. The molecule has 0 aromatic carbocycles. The van der Waals surface area contributed by atoms with Gasteiger partial charge in [-0.2, -0.15) is 0 Å². The lowest BCUT2D eigenvalue weighted by molar-refractivity contribution is -0.887. The first kappa shape index (κ1) is 58.5. The lowest BCUT2D eigenvalue weighted by Crippen LogP contribution is -2.50. The molecule has 62 heavy (non-hydrogen) atoms. The van der Waals surface area contributed by atoms with E-state index in [9.17, 15) is 19.5 Å². The van der Waals surface area contributed by atoms with Gasteiger partial charge in [0.2, 0.25) is 0 Å². The summed E-state index contributed by atoms with van der Waals surface area (Å²) >= 11 is 0. The monoisotopic (exact) mass is 867 g/mol. The molecule has 8 heteroatoms. The number of aliphatic carboxylic acids is 1. The summed E-state index contributed by atoms with van der Waals surface area (Å²) in [5.41, 5.74) is 0. The van der Waals surface area contributed by atoms with Crippen LogP contribution in [0.1, 0.15) is 187 Å². The van der Waals surface area contributed by atoms with E-state index in [0.29, 0.717) is 19.3 Å². The van der Waals surface area contributed by atoms with Gasteiger partial charge in [0.15, 0.2) is 12.1 Å². The first-order chi connectivity index (χ1) is 30.1. The Kier molecular flexibility index (Phi) is 41.6. The van der Waals surface area contributed by atoms with Crippen LogP contribution in [-0.4, -0.2) is 80.6 Å². The molecule has 0 aromatic rings. The predicted molar refractivity (Wildman–Crippen MR) is 261 cm³/mol. The number of hydrogen-bond acceptors (Lipinski definition) is 6. The number of ether oxygens (including phenoxy) is 3. The number of nitrogens with zero attached hydrogens (tertiary/aromatic N) is 1. The summed E-state index contributed by atoms with van der Waals surface area (Å²) in [6.07, 6.45) is 57.6. The first-order valence-electron chi connectivity index (χ1n) is 24.7. The summed E-state index contributed by atoms with van der Waals surface area (Å²) in [4.78, 5) is 37.1. The fraction of sp³-hybridized carbons (Fsp3) is 0.685. The van der Waals surface area contributed by atoms with Crippen LogP contribution >= 0.6 is 0 Å². The third-order valence-electron chi connectivity index (χ3n) is 10.6. The maximum absolute atomic E-state index is 12.8. The maximum atomic E-state index is 12.8. The highest BCUT2D eigenvalue weighted by Gasteiger charge is 2.31. The second-order valence-corrected chi connectivity index (χ2v) is 17.4. The van der Waals surface area contributed by atoms with Crippen LogP contribution in [0.4, 0.5) is 0 Å². The molecule has 2 atom stereocenters. The van der Waals surface area contributed by atoms with Gasteiger partial charge >= 0.3 is 17.9 Å². The fourth-order valence-corrected chi connectivity index (χ4v) is 6.79. The Morgan fingerprint density at radius 1 is 0.516 bits per heavy atom. The van der Waals surface area contributed by atoms with Crippen LogP contribution in [0.5, 0.6) is 0 Å². The Labute approximate surface area is 380 Å². The van der Waals surface area contributed by atoms with Crippen molar-refractivity contribution in [2.45, 2.75) is 199 Å². The molecule has 0 aromatic heterocycles. The van der Waals surface area contributed by atoms with Crippen molar-refractivity contribution in [1.82, 2.24) is 0 Å². The highest BCUT2D eigenvalue weighted by atomic mass is 16.6. The number of carbonyl (C=O) groups is 3. The van der Waals surface area contributed by atoms with Gasteiger partial charge < -0.3 is 23.8 Å². The molecule has 0 amide bonds. The van der Waals surface area contributed by atoms with E-state index in [1.807, 2.05) is 21.1 Å². The molecule has 0 fully saturated rings. The molecule has 354 valence electrons. The summed E-state index contributed by atoms with van der Waals surface area (Å²) in [5, 5.41) is 9.65. The summed E-state index contributed by atoms with van der Waals surface area (Å²) in [6.45, 7) is 4.57. The van der Waals surface area contributed by atoms with Gasteiger partial charge in [-0.3, -0.25) is 9.59 Å². The van der Waals surface area contributed by atoms with Crippen LogP contribution in [0.15, 0.2) is 85.1 Å². The predicted octanol–water partition coefficient (Wildman–Crippen LogP) is 14.1.